The van der Waals surface area contributed by atoms with Gasteiger partial charge in [-0.2, -0.15) is 21.0 Å². The normalized spacial score (nSPS) is 10.4. The molecule has 0 bridgehead atoms. The van der Waals surface area contributed by atoms with Crippen molar-refractivity contribution in [1.29, 1.82) is 21.0 Å². The van der Waals surface area contributed by atoms with Gasteiger partial charge in [-0.05, 0) is 192 Å². The minimum atomic E-state index is -0.503. The molecule has 0 unspecified atom stereocenters. The maximum atomic E-state index is 13.9. The van der Waals surface area contributed by atoms with Gasteiger partial charge < -0.3 is 19.3 Å². The van der Waals surface area contributed by atoms with E-state index in [1.165, 1.54) is 82.1 Å². The van der Waals surface area contributed by atoms with Gasteiger partial charge in [0.2, 0.25) is 0 Å². The summed E-state index contributed by atoms with van der Waals surface area (Å²) < 4.78 is 45.2. The molecule has 0 spiro atoms. The number of hydrogen-bond donors (Lipinski definition) is 1. The Kier molecular flexibility index (Phi) is 26.9. The van der Waals surface area contributed by atoms with Crippen LogP contribution in [-0.2, 0) is 0 Å². The first-order valence-electron chi connectivity index (χ1n) is 28.5. The van der Waals surface area contributed by atoms with Gasteiger partial charge in [0.1, 0.15) is 46.8 Å². The summed E-state index contributed by atoms with van der Waals surface area (Å²) in [4.78, 5) is 0. The molecule has 0 aromatic heterocycles. The van der Waals surface area contributed by atoms with Crippen molar-refractivity contribution < 1.29 is 28.1 Å². The van der Waals surface area contributed by atoms with E-state index in [0.717, 1.165) is 124 Å². The smallest absolute Gasteiger partial charge is 0.141 e. The van der Waals surface area contributed by atoms with Crippen molar-refractivity contribution in [2.24, 2.45) is 0 Å². The van der Waals surface area contributed by atoms with Gasteiger partial charge in [-0.15, -0.1) is 0 Å². The van der Waals surface area contributed by atoms with Gasteiger partial charge in [0, 0.05) is 5.33 Å². The highest BCUT2D eigenvalue weighted by atomic mass is 79.9. The molecule has 0 aliphatic rings. The van der Waals surface area contributed by atoms with Crippen LogP contribution in [0.15, 0.2) is 170 Å². The first kappa shape index (κ1) is 63.4. The number of aromatic hydroxyl groups is 1. The number of nitrogens with zero attached hydrogens (tertiary/aromatic N) is 4. The van der Waals surface area contributed by atoms with Gasteiger partial charge in [0.05, 0.1) is 54.2 Å². The fourth-order valence-corrected chi connectivity index (χ4v) is 9.68. The van der Waals surface area contributed by atoms with Crippen molar-refractivity contribution >= 4 is 15.9 Å². The standard InChI is InChI=1S/C36H35FN2O2.C22H25BrFNO.C14H11NO/c1-27-23-28(25-38)9-20-35(27)30-14-18-34(19-15-30)41-22-8-6-4-2-3-5-7-21-40-33-16-12-29(13-17-33)31-10-11-32(26-39)36(37)24-31;23-14-6-4-2-1-3-5-7-15-26-21-12-10-18(11-13-21)19-8-9-20(17-25)22(24)16-19;1-10-8-11(9-15)2-7-14(10)12-3-5-13(16)6-4-12/h9-20,23-24H,2-8,21-22H2,1H3;8-13,16H,1-7,14-15H2;2-8,16H,1H3. The van der Waals surface area contributed by atoms with E-state index in [9.17, 15) is 13.9 Å². The third-order valence-corrected chi connectivity index (χ3v) is 14.5. The summed E-state index contributed by atoms with van der Waals surface area (Å²) in [5.74, 6) is 1.80. The van der Waals surface area contributed by atoms with Crippen LogP contribution in [0.1, 0.15) is 123 Å². The number of hydrogen-bond acceptors (Lipinski definition) is 8. The van der Waals surface area contributed by atoms with Gasteiger partial charge in [0.15, 0.2) is 0 Å². The molecule has 424 valence electrons. The van der Waals surface area contributed by atoms with E-state index >= 15 is 0 Å². The Hall–Kier alpha value is -8.74. The van der Waals surface area contributed by atoms with Crippen LogP contribution in [0.4, 0.5) is 8.78 Å². The number of rotatable bonds is 26. The van der Waals surface area contributed by atoms with Crippen LogP contribution in [0.2, 0.25) is 0 Å². The van der Waals surface area contributed by atoms with Crippen molar-refractivity contribution in [3.8, 4) is 91.8 Å². The van der Waals surface area contributed by atoms with Gasteiger partial charge in [-0.25, -0.2) is 8.78 Å². The van der Waals surface area contributed by atoms with Crippen molar-refractivity contribution in [1.82, 2.24) is 0 Å². The average Bonchev–Trinajstić information content (AvgIpc) is 3.67. The molecule has 8 aromatic carbocycles. The van der Waals surface area contributed by atoms with Crippen LogP contribution in [-0.4, -0.2) is 30.3 Å². The summed E-state index contributed by atoms with van der Waals surface area (Å²) >= 11 is 3.46. The summed E-state index contributed by atoms with van der Waals surface area (Å²) in [7, 11) is 0. The summed E-state index contributed by atoms with van der Waals surface area (Å²) in [6.07, 6.45) is 16.8. The minimum absolute atomic E-state index is 0.0533. The van der Waals surface area contributed by atoms with Gasteiger partial charge in [0.25, 0.3) is 0 Å². The summed E-state index contributed by atoms with van der Waals surface area (Å²) in [5.41, 5.74) is 11.3. The molecule has 0 saturated heterocycles. The zero-order valence-electron chi connectivity index (χ0n) is 47.5. The van der Waals surface area contributed by atoms with Crippen LogP contribution < -0.4 is 14.2 Å². The predicted octanol–water partition coefficient (Wildman–Crippen LogP) is 19.5. The SMILES string of the molecule is Cc1cc(C#N)ccc1-c1ccc(O)cc1.Cc1cc(C#N)ccc1-c1ccc(OCCCCCCCCCOc2ccc(-c3ccc(C#N)c(F)c3)cc2)cc1.N#Cc1ccc(-c2ccc(OCCCCCCCCCBr)cc2)cc1F. The molecule has 0 aliphatic carbocycles. The predicted molar refractivity (Wildman–Crippen MR) is 332 cm³/mol. The lowest BCUT2D eigenvalue weighted by Crippen LogP contribution is -1.98. The van der Waals surface area contributed by atoms with E-state index in [4.69, 9.17) is 35.3 Å². The number of phenolic OH excluding ortho intramolecular Hbond substituents is 1. The number of benzene rings is 8. The number of nitriles is 4. The largest absolute Gasteiger partial charge is 0.508 e. The molecule has 8 nitrogen and oxygen atoms in total. The van der Waals surface area contributed by atoms with Crippen molar-refractivity contribution in [3.05, 3.63) is 215 Å². The first-order chi connectivity index (χ1) is 40.5. The minimum Gasteiger partial charge on any atom is -0.508 e. The van der Waals surface area contributed by atoms with E-state index < -0.39 is 11.6 Å². The Morgan fingerprint density at radius 1 is 0.361 bits per heavy atom. The zero-order chi connectivity index (χ0) is 59.0. The van der Waals surface area contributed by atoms with Gasteiger partial charge in [-0.3, -0.25) is 0 Å². The molecule has 8 rings (SSSR count). The lowest BCUT2D eigenvalue weighted by molar-refractivity contribution is 0.299. The molecule has 0 aliphatic heterocycles. The Morgan fingerprint density at radius 3 is 0.988 bits per heavy atom. The Balaban J connectivity index is 0.000000223. The monoisotopic (exact) mass is 1170 g/mol. The molecular weight excluding hydrogens is 1100 g/mol. The number of alkyl halides is 1. The van der Waals surface area contributed by atoms with E-state index in [1.54, 1.807) is 30.3 Å². The van der Waals surface area contributed by atoms with Crippen molar-refractivity contribution in [2.45, 2.75) is 104 Å². The topological polar surface area (TPSA) is 143 Å². The third kappa shape index (κ3) is 21.3. The zero-order valence-corrected chi connectivity index (χ0v) is 49.1. The Labute approximate surface area is 498 Å². The summed E-state index contributed by atoms with van der Waals surface area (Å²) in [5, 5.41) is 45.8. The lowest BCUT2D eigenvalue weighted by Gasteiger charge is -2.09. The average molecular weight is 1170 g/mol. The second kappa shape index (κ2) is 35.2. The molecule has 8 aromatic rings. The van der Waals surface area contributed by atoms with E-state index in [0.29, 0.717) is 17.7 Å². The summed E-state index contributed by atoms with van der Waals surface area (Å²) in [6.45, 7) is 6.14. The number of phenols is 1. The molecule has 0 fully saturated rings. The highest BCUT2D eigenvalue weighted by molar-refractivity contribution is 9.09. The fourth-order valence-electron chi connectivity index (χ4n) is 9.28. The molecule has 0 saturated carbocycles. The van der Waals surface area contributed by atoms with Crippen LogP contribution in [0.25, 0.3) is 44.5 Å². The Bertz CT molecular complexity index is 3450. The molecule has 11 heteroatoms. The highest BCUT2D eigenvalue weighted by Gasteiger charge is 2.09. The van der Waals surface area contributed by atoms with Crippen LogP contribution in [0.5, 0.6) is 23.0 Å². The highest BCUT2D eigenvalue weighted by Crippen LogP contribution is 2.30. The van der Waals surface area contributed by atoms with Gasteiger partial charge in [-0.1, -0.05) is 153 Å². The van der Waals surface area contributed by atoms with E-state index in [2.05, 4.69) is 40.2 Å². The van der Waals surface area contributed by atoms with Crippen molar-refractivity contribution in [3.63, 3.8) is 0 Å². The number of ether oxygens (including phenoxy) is 3. The molecule has 0 atom stereocenters. The van der Waals surface area contributed by atoms with Crippen LogP contribution in [0.3, 0.4) is 0 Å². The molecule has 0 heterocycles. The maximum Gasteiger partial charge on any atom is 0.141 e. The second-order valence-electron chi connectivity index (χ2n) is 20.2. The van der Waals surface area contributed by atoms with E-state index in [-0.39, 0.29) is 16.9 Å². The quantitative estimate of drug-likeness (QED) is 0.0417. The van der Waals surface area contributed by atoms with Gasteiger partial charge >= 0.3 is 0 Å². The summed E-state index contributed by atoms with van der Waals surface area (Å²) in [6, 6.07) is 59.1. The molecule has 83 heavy (non-hydrogen) atoms. The third-order valence-electron chi connectivity index (χ3n) is 14.0. The van der Waals surface area contributed by atoms with Crippen LogP contribution >= 0.6 is 15.9 Å². The molecule has 0 radical (unpaired) electrons. The Morgan fingerprint density at radius 2 is 0.675 bits per heavy atom. The number of halogens is 3. The molecule has 0 amide bonds. The van der Waals surface area contributed by atoms with E-state index in [1.807, 2.05) is 129 Å². The number of unbranched alkanes of at least 4 members (excludes halogenated alkanes) is 12. The fraction of sp³-hybridized carbons (Fsp3) is 0.278. The lowest BCUT2D eigenvalue weighted by atomic mass is 9.99. The molecule has 1 N–H and O–H groups in total. The maximum absolute atomic E-state index is 13.9. The first-order valence-corrected chi connectivity index (χ1v) is 29.6. The van der Waals surface area contributed by atoms with Crippen molar-refractivity contribution in [2.75, 3.05) is 25.2 Å². The van der Waals surface area contributed by atoms with Crippen LogP contribution in [0, 0.1) is 70.8 Å². The molecular formula is C72H71BrF2N4O4. The second-order valence-corrected chi connectivity index (χ2v) is 21.0. The number of aryl methyl sites for hydroxylation is 2.